The lowest BCUT2D eigenvalue weighted by atomic mass is 9.87. The van der Waals surface area contributed by atoms with Crippen LogP contribution in [0.2, 0.25) is 0 Å². The van der Waals surface area contributed by atoms with E-state index in [-0.39, 0.29) is 11.3 Å². The van der Waals surface area contributed by atoms with Crippen molar-refractivity contribution in [2.75, 3.05) is 6.54 Å². The number of benzene rings is 2. The van der Waals surface area contributed by atoms with Gasteiger partial charge in [0.2, 0.25) is 0 Å². The molecule has 0 heterocycles. The summed E-state index contributed by atoms with van der Waals surface area (Å²) >= 11 is 0. The molecule has 0 aromatic heterocycles. The normalized spacial score (nSPS) is 13.1. The quantitative estimate of drug-likeness (QED) is 0.905. The first-order valence-electron chi connectivity index (χ1n) is 7.33. The molecule has 0 aliphatic heterocycles. The largest absolute Gasteiger partial charge is 0.393 e. The van der Waals surface area contributed by atoms with Crippen LogP contribution in [0, 0.1) is 5.41 Å². The van der Waals surface area contributed by atoms with Crippen molar-refractivity contribution in [1.29, 1.82) is 0 Å². The molecule has 2 aromatic rings. The Morgan fingerprint density at radius 3 is 2.52 bits per heavy atom. The summed E-state index contributed by atoms with van der Waals surface area (Å²) in [5.74, 6) is -0.0899. The maximum Gasteiger partial charge on any atom is 0.251 e. The fraction of sp³-hybridized carbons (Fsp3) is 0.389. The molecule has 2 rings (SSSR count). The molecule has 0 fully saturated rings. The molecule has 0 saturated carbocycles. The zero-order valence-corrected chi connectivity index (χ0v) is 12.9. The van der Waals surface area contributed by atoms with Crippen LogP contribution in [0.25, 0.3) is 10.8 Å². The summed E-state index contributed by atoms with van der Waals surface area (Å²) in [6.45, 7) is 6.44. The van der Waals surface area contributed by atoms with E-state index in [2.05, 4.69) is 5.32 Å². The summed E-state index contributed by atoms with van der Waals surface area (Å²) in [6, 6.07) is 13.6. The summed E-state index contributed by atoms with van der Waals surface area (Å²) < 4.78 is 0. The van der Waals surface area contributed by atoms with Crippen molar-refractivity contribution < 1.29 is 9.90 Å². The molecule has 112 valence electrons. The lowest BCUT2D eigenvalue weighted by Gasteiger charge is -2.25. The molecule has 1 atom stereocenters. The maximum atomic E-state index is 12.3. The zero-order valence-electron chi connectivity index (χ0n) is 12.9. The third-order valence-corrected chi connectivity index (χ3v) is 3.74. The highest BCUT2D eigenvalue weighted by atomic mass is 16.3. The van der Waals surface area contributed by atoms with Crippen LogP contribution in [0.5, 0.6) is 0 Å². The predicted molar refractivity (Wildman–Crippen MR) is 86.4 cm³/mol. The Bertz CT molecular complexity index is 623. The van der Waals surface area contributed by atoms with Gasteiger partial charge in [-0.3, -0.25) is 4.79 Å². The first-order chi connectivity index (χ1) is 9.89. The SMILES string of the molecule is CC(C)(C)C(O)CCNC(=O)c1cccc2ccccc12. The van der Waals surface area contributed by atoms with Crippen LogP contribution in [0.15, 0.2) is 42.5 Å². The summed E-state index contributed by atoms with van der Waals surface area (Å²) in [7, 11) is 0. The average molecular weight is 285 g/mol. The number of rotatable bonds is 4. The van der Waals surface area contributed by atoms with Gasteiger partial charge in [0.25, 0.3) is 5.91 Å². The number of aliphatic hydroxyl groups excluding tert-OH is 1. The van der Waals surface area contributed by atoms with Crippen LogP contribution < -0.4 is 5.32 Å². The third kappa shape index (κ3) is 3.82. The first kappa shape index (κ1) is 15.5. The van der Waals surface area contributed by atoms with Crippen molar-refractivity contribution in [3.05, 3.63) is 48.0 Å². The summed E-state index contributed by atoms with van der Waals surface area (Å²) in [6.07, 6.45) is 0.130. The second kappa shape index (κ2) is 6.27. The van der Waals surface area contributed by atoms with E-state index in [0.717, 1.165) is 10.8 Å². The van der Waals surface area contributed by atoms with Crippen LogP contribution in [0.1, 0.15) is 37.6 Å². The lowest BCUT2D eigenvalue weighted by molar-refractivity contribution is 0.0551. The minimum Gasteiger partial charge on any atom is -0.393 e. The van der Waals surface area contributed by atoms with Gasteiger partial charge in [0.1, 0.15) is 0 Å². The number of aliphatic hydroxyl groups is 1. The van der Waals surface area contributed by atoms with E-state index in [1.54, 1.807) is 0 Å². The lowest BCUT2D eigenvalue weighted by Crippen LogP contribution is -2.32. The van der Waals surface area contributed by atoms with Gasteiger partial charge in [-0.2, -0.15) is 0 Å². The number of amides is 1. The van der Waals surface area contributed by atoms with E-state index < -0.39 is 6.10 Å². The molecule has 0 bridgehead atoms. The predicted octanol–water partition coefficient (Wildman–Crippen LogP) is 3.37. The highest BCUT2D eigenvalue weighted by Crippen LogP contribution is 2.21. The van der Waals surface area contributed by atoms with Crippen molar-refractivity contribution >= 4 is 16.7 Å². The smallest absolute Gasteiger partial charge is 0.251 e. The molecule has 0 saturated heterocycles. The van der Waals surface area contributed by atoms with E-state index >= 15 is 0 Å². The second-order valence-electron chi connectivity index (χ2n) is 6.45. The van der Waals surface area contributed by atoms with Gasteiger partial charge in [0.15, 0.2) is 0 Å². The Hall–Kier alpha value is -1.87. The summed E-state index contributed by atoms with van der Waals surface area (Å²) in [5, 5.41) is 14.9. The second-order valence-corrected chi connectivity index (χ2v) is 6.45. The fourth-order valence-corrected chi connectivity index (χ4v) is 2.27. The highest BCUT2D eigenvalue weighted by Gasteiger charge is 2.21. The molecule has 0 aliphatic carbocycles. The molecule has 0 aliphatic rings. The van der Waals surface area contributed by atoms with E-state index in [1.165, 1.54) is 0 Å². The van der Waals surface area contributed by atoms with Gasteiger partial charge in [-0.1, -0.05) is 57.2 Å². The van der Waals surface area contributed by atoms with E-state index in [9.17, 15) is 9.90 Å². The Kier molecular flexibility index (Phi) is 4.63. The number of carbonyl (C=O) groups excluding carboxylic acids is 1. The fourth-order valence-electron chi connectivity index (χ4n) is 2.27. The molecule has 1 amide bonds. The highest BCUT2D eigenvalue weighted by molar-refractivity contribution is 6.06. The van der Waals surface area contributed by atoms with Crippen LogP contribution in [-0.4, -0.2) is 23.7 Å². The van der Waals surface area contributed by atoms with Crippen LogP contribution in [-0.2, 0) is 0 Å². The van der Waals surface area contributed by atoms with Crippen LogP contribution >= 0.6 is 0 Å². The molecule has 0 radical (unpaired) electrons. The molecule has 21 heavy (non-hydrogen) atoms. The molecule has 2 aromatic carbocycles. The molecular weight excluding hydrogens is 262 g/mol. The van der Waals surface area contributed by atoms with Crippen molar-refractivity contribution in [1.82, 2.24) is 5.32 Å². The number of nitrogens with one attached hydrogen (secondary N) is 1. The first-order valence-corrected chi connectivity index (χ1v) is 7.33. The number of fused-ring (bicyclic) bond motifs is 1. The standard InChI is InChI=1S/C18H23NO2/c1-18(2,3)16(20)11-12-19-17(21)15-10-6-8-13-7-4-5-9-14(13)15/h4-10,16,20H,11-12H2,1-3H3,(H,19,21). The number of hydrogen-bond donors (Lipinski definition) is 2. The topological polar surface area (TPSA) is 49.3 Å². The van der Waals surface area contributed by atoms with Gasteiger partial charge in [0.05, 0.1) is 6.10 Å². The van der Waals surface area contributed by atoms with E-state index in [0.29, 0.717) is 18.5 Å². The molecule has 3 heteroatoms. The monoisotopic (exact) mass is 285 g/mol. The molecule has 2 N–H and O–H groups in total. The van der Waals surface area contributed by atoms with Gasteiger partial charge in [0, 0.05) is 12.1 Å². The Balaban J connectivity index is 2.03. The Morgan fingerprint density at radius 1 is 1.14 bits per heavy atom. The van der Waals surface area contributed by atoms with Crippen molar-refractivity contribution in [3.8, 4) is 0 Å². The number of hydrogen-bond acceptors (Lipinski definition) is 2. The summed E-state index contributed by atoms with van der Waals surface area (Å²) in [5.41, 5.74) is 0.516. The zero-order chi connectivity index (χ0) is 15.5. The van der Waals surface area contributed by atoms with Gasteiger partial charge in [-0.25, -0.2) is 0 Å². The van der Waals surface area contributed by atoms with Gasteiger partial charge >= 0.3 is 0 Å². The van der Waals surface area contributed by atoms with Gasteiger partial charge in [-0.05, 0) is 28.7 Å². The van der Waals surface area contributed by atoms with Crippen LogP contribution in [0.3, 0.4) is 0 Å². The minimum atomic E-state index is -0.426. The molecule has 1 unspecified atom stereocenters. The van der Waals surface area contributed by atoms with Crippen molar-refractivity contribution in [3.63, 3.8) is 0 Å². The van der Waals surface area contributed by atoms with Crippen molar-refractivity contribution in [2.45, 2.75) is 33.3 Å². The maximum absolute atomic E-state index is 12.3. The summed E-state index contributed by atoms with van der Waals surface area (Å²) in [4.78, 5) is 12.3. The molecule has 0 spiro atoms. The van der Waals surface area contributed by atoms with E-state index in [1.807, 2.05) is 63.2 Å². The third-order valence-electron chi connectivity index (χ3n) is 3.74. The van der Waals surface area contributed by atoms with Crippen LogP contribution in [0.4, 0.5) is 0 Å². The Morgan fingerprint density at radius 2 is 1.81 bits per heavy atom. The minimum absolute atomic E-state index is 0.0899. The van der Waals surface area contributed by atoms with Gasteiger partial charge in [-0.15, -0.1) is 0 Å². The molecule has 3 nitrogen and oxygen atoms in total. The Labute approximate surface area is 126 Å². The van der Waals surface area contributed by atoms with Gasteiger partial charge < -0.3 is 10.4 Å². The van der Waals surface area contributed by atoms with Crippen molar-refractivity contribution in [2.24, 2.45) is 5.41 Å². The molecular formula is C18H23NO2. The van der Waals surface area contributed by atoms with E-state index in [4.69, 9.17) is 0 Å². The number of carbonyl (C=O) groups is 1. The average Bonchev–Trinajstić information content (AvgIpc) is 2.45.